The van der Waals surface area contributed by atoms with Gasteiger partial charge in [-0.05, 0) is 6.07 Å². The highest BCUT2D eigenvalue weighted by atomic mass is 79.9. The molecule has 0 aliphatic rings. The van der Waals surface area contributed by atoms with Gasteiger partial charge in [0.1, 0.15) is 0 Å². The summed E-state index contributed by atoms with van der Waals surface area (Å²) in [5, 5.41) is 0. The molecule has 11 heavy (non-hydrogen) atoms. The minimum atomic E-state index is 0.530. The summed E-state index contributed by atoms with van der Waals surface area (Å²) in [4.78, 5) is 13.5. The Labute approximate surface area is 72.8 Å². The van der Waals surface area contributed by atoms with Crippen molar-refractivity contribution < 1.29 is 4.79 Å². The number of nitrogens with zero attached hydrogens (tertiary/aromatic N) is 1. The summed E-state index contributed by atoms with van der Waals surface area (Å²) in [6.45, 7) is 6.68. The predicted molar refractivity (Wildman–Crippen MR) is 45.8 cm³/mol. The first-order valence-electron chi connectivity index (χ1n) is 2.90. The van der Waals surface area contributed by atoms with Gasteiger partial charge in [0.25, 0.3) is 0 Å². The molecule has 0 atom stereocenters. The monoisotopic (exact) mass is 209 g/mol. The van der Waals surface area contributed by atoms with E-state index in [9.17, 15) is 4.79 Å². The van der Waals surface area contributed by atoms with Gasteiger partial charge in [0.05, 0.1) is 6.57 Å². The van der Waals surface area contributed by atoms with E-state index in [1.54, 1.807) is 18.2 Å². The molecule has 0 radical (unpaired) electrons. The molecule has 0 fully saturated rings. The maximum Gasteiger partial charge on any atom is 0.188 e. The molecule has 0 amide bonds. The van der Waals surface area contributed by atoms with Crippen LogP contribution >= 0.6 is 15.9 Å². The van der Waals surface area contributed by atoms with Gasteiger partial charge in [-0.15, -0.1) is 0 Å². The molecule has 2 nitrogen and oxygen atoms in total. The fourth-order valence-electron chi connectivity index (χ4n) is 0.681. The average molecular weight is 210 g/mol. The Hall–Kier alpha value is -1.14. The second-order valence-corrected chi connectivity index (χ2v) is 2.79. The number of hydrogen-bond acceptors (Lipinski definition) is 1. The van der Waals surface area contributed by atoms with Crippen LogP contribution in [0, 0.1) is 6.57 Å². The molecule has 0 aliphatic heterocycles. The van der Waals surface area contributed by atoms with Gasteiger partial charge >= 0.3 is 0 Å². The van der Waals surface area contributed by atoms with Crippen molar-refractivity contribution in [1.29, 1.82) is 0 Å². The highest BCUT2D eigenvalue weighted by molar-refractivity contribution is 9.10. The molecule has 0 N–H and O–H groups in total. The second kappa shape index (κ2) is 3.31. The number of halogens is 1. The molecular weight excluding hydrogens is 206 g/mol. The lowest BCUT2D eigenvalue weighted by atomic mass is 10.2. The molecule has 0 heterocycles. The quantitative estimate of drug-likeness (QED) is 0.515. The van der Waals surface area contributed by atoms with Gasteiger partial charge in [0.2, 0.25) is 0 Å². The Morgan fingerprint density at radius 3 is 2.73 bits per heavy atom. The number of rotatable bonds is 1. The molecule has 0 bridgehead atoms. The number of benzene rings is 1. The van der Waals surface area contributed by atoms with Gasteiger partial charge in [0, 0.05) is 10.0 Å². The highest BCUT2D eigenvalue weighted by Crippen LogP contribution is 2.21. The van der Waals surface area contributed by atoms with Crippen molar-refractivity contribution in [1.82, 2.24) is 0 Å². The Morgan fingerprint density at radius 2 is 2.27 bits per heavy atom. The van der Waals surface area contributed by atoms with Gasteiger partial charge < -0.3 is 0 Å². The zero-order valence-corrected chi connectivity index (χ0v) is 7.13. The summed E-state index contributed by atoms with van der Waals surface area (Å²) >= 11 is 3.17. The summed E-state index contributed by atoms with van der Waals surface area (Å²) in [6, 6.07) is 4.85. The molecule has 1 rings (SSSR count). The van der Waals surface area contributed by atoms with Gasteiger partial charge in [0.15, 0.2) is 12.0 Å². The minimum Gasteiger partial charge on any atom is -0.298 e. The maximum absolute atomic E-state index is 10.3. The molecule has 0 unspecified atom stereocenters. The lowest BCUT2D eigenvalue weighted by Gasteiger charge is -1.94. The zero-order valence-electron chi connectivity index (χ0n) is 5.54. The van der Waals surface area contributed by atoms with Crippen molar-refractivity contribution in [2.75, 3.05) is 0 Å². The van der Waals surface area contributed by atoms with Gasteiger partial charge in [-0.1, -0.05) is 28.1 Å². The Balaban J connectivity index is 3.22. The van der Waals surface area contributed by atoms with Crippen molar-refractivity contribution in [3.05, 3.63) is 39.7 Å². The third kappa shape index (κ3) is 1.66. The van der Waals surface area contributed by atoms with E-state index in [0.717, 1.165) is 6.29 Å². The van der Waals surface area contributed by atoms with E-state index in [1.165, 1.54) is 0 Å². The van der Waals surface area contributed by atoms with E-state index < -0.39 is 0 Å². The van der Waals surface area contributed by atoms with Crippen molar-refractivity contribution in [3.63, 3.8) is 0 Å². The molecule has 1 aromatic rings. The average Bonchev–Trinajstić information content (AvgIpc) is 2.04. The van der Waals surface area contributed by atoms with Crippen molar-refractivity contribution in [2.24, 2.45) is 0 Å². The molecule has 0 aliphatic carbocycles. The fraction of sp³-hybridized carbons (Fsp3) is 0. The first-order valence-corrected chi connectivity index (χ1v) is 3.69. The van der Waals surface area contributed by atoms with E-state index in [4.69, 9.17) is 6.57 Å². The lowest BCUT2D eigenvalue weighted by molar-refractivity contribution is 0.112. The highest BCUT2D eigenvalue weighted by Gasteiger charge is 1.98. The number of hydrogen-bond donors (Lipinski definition) is 0. The molecule has 3 heteroatoms. The van der Waals surface area contributed by atoms with Crippen molar-refractivity contribution >= 4 is 27.9 Å². The van der Waals surface area contributed by atoms with Gasteiger partial charge in [-0.25, -0.2) is 4.85 Å². The Morgan fingerprint density at radius 1 is 1.55 bits per heavy atom. The number of carbonyl (C=O) groups is 1. The van der Waals surface area contributed by atoms with Gasteiger partial charge in [-0.3, -0.25) is 4.79 Å². The number of carbonyl (C=O) groups excluding carboxylic acids is 1. The van der Waals surface area contributed by atoms with E-state index in [1.807, 2.05) is 0 Å². The maximum atomic E-state index is 10.3. The summed E-state index contributed by atoms with van der Waals surface area (Å²) in [5.74, 6) is 0. The largest absolute Gasteiger partial charge is 0.298 e. The Bertz CT molecular complexity index is 327. The zero-order chi connectivity index (χ0) is 8.27. The van der Waals surface area contributed by atoms with Crippen LogP contribution in [0.5, 0.6) is 0 Å². The summed E-state index contributed by atoms with van der Waals surface area (Å²) in [5.41, 5.74) is 1.10. The van der Waals surface area contributed by atoms with E-state index in [2.05, 4.69) is 20.8 Å². The molecule has 0 spiro atoms. The van der Waals surface area contributed by atoms with Gasteiger partial charge in [-0.2, -0.15) is 0 Å². The van der Waals surface area contributed by atoms with Crippen molar-refractivity contribution in [2.45, 2.75) is 0 Å². The third-order valence-electron chi connectivity index (χ3n) is 1.24. The van der Waals surface area contributed by atoms with Crippen molar-refractivity contribution in [3.8, 4) is 0 Å². The molecule has 54 valence electrons. The normalized spacial score (nSPS) is 8.73. The van der Waals surface area contributed by atoms with Crippen LogP contribution in [0.3, 0.4) is 0 Å². The first-order chi connectivity index (χ1) is 5.27. The topological polar surface area (TPSA) is 21.4 Å². The summed E-state index contributed by atoms with van der Waals surface area (Å²) in [6.07, 6.45) is 0.748. The van der Waals surface area contributed by atoms with E-state index in [-0.39, 0.29) is 0 Å². The first kappa shape index (κ1) is 7.96. The second-order valence-electron chi connectivity index (χ2n) is 1.94. The third-order valence-corrected chi connectivity index (χ3v) is 1.93. The standard InChI is InChI=1S/C8H4BrNO/c1-10-7-3-2-6(5-11)8(9)4-7/h2-5H. The molecular formula is C8H4BrNO. The smallest absolute Gasteiger partial charge is 0.188 e. The molecule has 0 saturated heterocycles. The van der Waals surface area contributed by atoms with Crippen LogP contribution in [0.4, 0.5) is 5.69 Å². The number of aldehydes is 1. The SMILES string of the molecule is [C-]#[N+]c1ccc(C=O)c(Br)c1. The summed E-state index contributed by atoms with van der Waals surface area (Å²) in [7, 11) is 0. The van der Waals surface area contributed by atoms with Crippen LogP contribution in [0.15, 0.2) is 22.7 Å². The Kier molecular flexibility index (Phi) is 2.40. The lowest BCUT2D eigenvalue weighted by Crippen LogP contribution is -1.79. The van der Waals surface area contributed by atoms with E-state index >= 15 is 0 Å². The van der Waals surface area contributed by atoms with Crippen LogP contribution in [-0.2, 0) is 0 Å². The van der Waals surface area contributed by atoms with Crippen LogP contribution in [0.2, 0.25) is 0 Å². The van der Waals surface area contributed by atoms with Crippen LogP contribution < -0.4 is 0 Å². The van der Waals surface area contributed by atoms with Crippen LogP contribution in [0.25, 0.3) is 4.85 Å². The van der Waals surface area contributed by atoms with Crippen LogP contribution in [0.1, 0.15) is 10.4 Å². The molecule has 0 saturated carbocycles. The summed E-state index contributed by atoms with van der Waals surface area (Å²) < 4.78 is 0.668. The predicted octanol–water partition coefficient (Wildman–Crippen LogP) is 2.81. The molecule has 1 aromatic carbocycles. The molecule has 0 aromatic heterocycles. The van der Waals surface area contributed by atoms with Crippen LogP contribution in [-0.4, -0.2) is 6.29 Å². The van der Waals surface area contributed by atoms with E-state index in [0.29, 0.717) is 15.7 Å². The fourth-order valence-corrected chi connectivity index (χ4v) is 1.14. The minimum absolute atomic E-state index is 0.530.